The summed E-state index contributed by atoms with van der Waals surface area (Å²) in [5.74, 6) is -0.835. The molecular weight excluding hydrogens is 170 g/mol. The summed E-state index contributed by atoms with van der Waals surface area (Å²) >= 11 is 0. The van der Waals surface area contributed by atoms with Gasteiger partial charge >= 0.3 is 5.97 Å². The van der Waals surface area contributed by atoms with Gasteiger partial charge in [0.15, 0.2) is 0 Å². The van der Waals surface area contributed by atoms with Crippen molar-refractivity contribution >= 4 is 5.97 Å². The summed E-state index contributed by atoms with van der Waals surface area (Å²) in [6.45, 7) is 2.59. The number of carboxylic acids is 1. The van der Waals surface area contributed by atoms with Crippen molar-refractivity contribution in [3.63, 3.8) is 0 Å². The van der Waals surface area contributed by atoms with Gasteiger partial charge in [0.1, 0.15) is 0 Å². The van der Waals surface area contributed by atoms with Crippen molar-refractivity contribution in [2.75, 3.05) is 6.61 Å². The Balaban J connectivity index is 2.50. The van der Waals surface area contributed by atoms with Crippen LogP contribution in [-0.4, -0.2) is 29.8 Å². The molecule has 0 aliphatic carbocycles. The minimum Gasteiger partial charge on any atom is -0.481 e. The van der Waals surface area contributed by atoms with E-state index in [9.17, 15) is 4.79 Å². The van der Waals surface area contributed by atoms with E-state index >= 15 is 0 Å². The molecule has 0 aromatic carbocycles. The Morgan fingerprint density at radius 2 is 2.46 bits per heavy atom. The summed E-state index contributed by atoms with van der Waals surface area (Å²) in [7, 11) is 0. The van der Waals surface area contributed by atoms with Gasteiger partial charge in [-0.1, -0.05) is 0 Å². The molecule has 1 aliphatic heterocycles. The fraction of sp³-hybridized carbons (Fsp3) is 0.889. The highest BCUT2D eigenvalue weighted by Gasteiger charge is 2.30. The van der Waals surface area contributed by atoms with Gasteiger partial charge in [-0.25, -0.2) is 0 Å². The third-order valence-corrected chi connectivity index (χ3v) is 2.53. The zero-order valence-corrected chi connectivity index (χ0v) is 7.90. The second kappa shape index (κ2) is 4.58. The van der Waals surface area contributed by atoms with E-state index in [2.05, 4.69) is 0 Å². The summed E-state index contributed by atoms with van der Waals surface area (Å²) in [5.41, 5.74) is 5.72. The number of hydrogen-bond acceptors (Lipinski definition) is 3. The zero-order chi connectivity index (χ0) is 9.84. The van der Waals surface area contributed by atoms with Crippen LogP contribution in [0.25, 0.3) is 0 Å². The van der Waals surface area contributed by atoms with E-state index in [0.29, 0.717) is 0 Å². The fourth-order valence-electron chi connectivity index (χ4n) is 1.80. The lowest BCUT2D eigenvalue weighted by Gasteiger charge is -2.24. The van der Waals surface area contributed by atoms with Crippen molar-refractivity contribution in [1.82, 2.24) is 0 Å². The molecule has 3 N–H and O–H groups in total. The molecule has 0 radical (unpaired) electrons. The predicted molar refractivity (Wildman–Crippen MR) is 48.4 cm³/mol. The lowest BCUT2D eigenvalue weighted by Crippen LogP contribution is -2.37. The highest BCUT2D eigenvalue weighted by atomic mass is 16.5. The number of aliphatic carboxylic acids is 1. The summed E-state index contributed by atoms with van der Waals surface area (Å²) in [4.78, 5) is 10.6. The summed E-state index contributed by atoms with van der Waals surface area (Å²) in [5, 5.41) is 8.68. The Hall–Kier alpha value is -0.610. The first kappa shape index (κ1) is 10.5. The van der Waals surface area contributed by atoms with Gasteiger partial charge in [-0.05, 0) is 19.8 Å². The van der Waals surface area contributed by atoms with Crippen molar-refractivity contribution in [3.8, 4) is 0 Å². The molecule has 4 heteroatoms. The van der Waals surface area contributed by atoms with Gasteiger partial charge in [0.25, 0.3) is 0 Å². The number of hydrogen-bond donors (Lipinski definition) is 2. The van der Waals surface area contributed by atoms with Crippen molar-refractivity contribution < 1.29 is 14.6 Å². The predicted octanol–water partition coefficient (Wildman–Crippen LogP) is 0.603. The van der Waals surface area contributed by atoms with Crippen molar-refractivity contribution in [3.05, 3.63) is 0 Å². The monoisotopic (exact) mass is 187 g/mol. The molecule has 0 amide bonds. The number of carboxylic acid groups (broad SMARTS) is 1. The Bertz CT molecular complexity index is 176. The number of carbonyl (C=O) groups is 1. The number of ether oxygens (including phenoxy) is 1. The Morgan fingerprint density at radius 3 is 2.85 bits per heavy atom. The van der Waals surface area contributed by atoms with Gasteiger partial charge in [-0.15, -0.1) is 0 Å². The minimum atomic E-state index is -0.794. The lowest BCUT2D eigenvalue weighted by atomic mass is 9.90. The molecular formula is C9H17NO3. The molecule has 76 valence electrons. The zero-order valence-electron chi connectivity index (χ0n) is 7.90. The van der Waals surface area contributed by atoms with E-state index in [-0.39, 0.29) is 24.5 Å². The molecule has 1 fully saturated rings. The third-order valence-electron chi connectivity index (χ3n) is 2.53. The first-order valence-corrected chi connectivity index (χ1v) is 4.70. The molecule has 0 bridgehead atoms. The van der Waals surface area contributed by atoms with Crippen LogP contribution in [0.3, 0.4) is 0 Å². The molecule has 0 aromatic rings. The first-order valence-electron chi connectivity index (χ1n) is 4.70. The number of nitrogens with two attached hydrogens (primary N) is 1. The van der Waals surface area contributed by atoms with Crippen LogP contribution in [-0.2, 0) is 9.53 Å². The van der Waals surface area contributed by atoms with Crippen LogP contribution in [0.15, 0.2) is 0 Å². The van der Waals surface area contributed by atoms with Gasteiger partial charge < -0.3 is 15.6 Å². The second-order valence-electron chi connectivity index (χ2n) is 3.67. The van der Waals surface area contributed by atoms with Gasteiger partial charge in [-0.3, -0.25) is 4.79 Å². The van der Waals surface area contributed by atoms with Gasteiger partial charge in [0, 0.05) is 18.6 Å². The van der Waals surface area contributed by atoms with E-state index in [0.717, 1.165) is 19.4 Å². The summed E-state index contributed by atoms with van der Waals surface area (Å²) in [6, 6.07) is -0.112. The van der Waals surface area contributed by atoms with Crippen molar-refractivity contribution in [1.29, 1.82) is 0 Å². The van der Waals surface area contributed by atoms with Crippen molar-refractivity contribution in [2.24, 2.45) is 11.7 Å². The molecule has 13 heavy (non-hydrogen) atoms. The Labute approximate surface area is 78.1 Å². The molecule has 4 nitrogen and oxygen atoms in total. The standard InChI is InChI=1S/C9H17NO3/c1-6(10)7(5-9(11)12)8-3-2-4-13-8/h6-8H,2-5,10H2,1H3,(H,11,12). The largest absolute Gasteiger partial charge is 0.481 e. The smallest absolute Gasteiger partial charge is 0.303 e. The third kappa shape index (κ3) is 2.97. The Morgan fingerprint density at radius 1 is 1.77 bits per heavy atom. The van der Waals surface area contributed by atoms with E-state index in [1.54, 1.807) is 0 Å². The fourth-order valence-corrected chi connectivity index (χ4v) is 1.80. The number of rotatable bonds is 4. The maximum Gasteiger partial charge on any atom is 0.303 e. The molecule has 1 aliphatic rings. The van der Waals surface area contributed by atoms with Crippen LogP contribution in [0.5, 0.6) is 0 Å². The minimum absolute atomic E-state index is 0.0417. The molecule has 0 saturated carbocycles. The molecule has 1 rings (SSSR count). The molecule has 3 unspecified atom stereocenters. The van der Waals surface area contributed by atoms with Crippen LogP contribution in [0.2, 0.25) is 0 Å². The molecule has 0 spiro atoms. The maximum atomic E-state index is 10.6. The van der Waals surface area contributed by atoms with Gasteiger partial charge in [-0.2, -0.15) is 0 Å². The van der Waals surface area contributed by atoms with Crippen LogP contribution in [0.1, 0.15) is 26.2 Å². The van der Waals surface area contributed by atoms with Crippen LogP contribution in [0, 0.1) is 5.92 Å². The van der Waals surface area contributed by atoms with Crippen LogP contribution < -0.4 is 5.73 Å². The quantitative estimate of drug-likeness (QED) is 0.676. The summed E-state index contributed by atoms with van der Waals surface area (Å²) < 4.78 is 5.43. The first-order chi connectivity index (χ1) is 6.11. The molecule has 1 heterocycles. The average Bonchev–Trinajstić information content (AvgIpc) is 2.50. The molecule has 1 saturated heterocycles. The van der Waals surface area contributed by atoms with E-state index in [4.69, 9.17) is 15.6 Å². The van der Waals surface area contributed by atoms with Gasteiger partial charge in [0.05, 0.1) is 12.5 Å². The van der Waals surface area contributed by atoms with Crippen LogP contribution >= 0.6 is 0 Å². The van der Waals surface area contributed by atoms with E-state index in [1.807, 2.05) is 6.92 Å². The topological polar surface area (TPSA) is 72.6 Å². The second-order valence-corrected chi connectivity index (χ2v) is 3.67. The SMILES string of the molecule is CC(N)C(CC(=O)O)C1CCCO1. The van der Waals surface area contributed by atoms with Crippen LogP contribution in [0.4, 0.5) is 0 Å². The lowest BCUT2D eigenvalue weighted by molar-refractivity contribution is -0.139. The Kier molecular flexibility index (Phi) is 3.69. The highest BCUT2D eigenvalue weighted by Crippen LogP contribution is 2.24. The summed E-state index contributed by atoms with van der Waals surface area (Å²) in [6.07, 6.45) is 2.13. The highest BCUT2D eigenvalue weighted by molar-refractivity contribution is 5.67. The molecule has 0 aromatic heterocycles. The van der Waals surface area contributed by atoms with Gasteiger partial charge in [0.2, 0.25) is 0 Å². The normalized spacial score (nSPS) is 27.1. The molecule has 3 atom stereocenters. The van der Waals surface area contributed by atoms with E-state index < -0.39 is 5.97 Å². The average molecular weight is 187 g/mol. The van der Waals surface area contributed by atoms with Crippen molar-refractivity contribution in [2.45, 2.75) is 38.3 Å². The van der Waals surface area contributed by atoms with E-state index in [1.165, 1.54) is 0 Å². The maximum absolute atomic E-state index is 10.6.